The van der Waals surface area contributed by atoms with Gasteiger partial charge in [0.2, 0.25) is 0 Å². The summed E-state index contributed by atoms with van der Waals surface area (Å²) >= 11 is 0. The summed E-state index contributed by atoms with van der Waals surface area (Å²) in [5, 5.41) is 0. The lowest BCUT2D eigenvalue weighted by Crippen LogP contribution is -2.04. The molecule has 0 fully saturated rings. The van der Waals surface area contributed by atoms with Crippen LogP contribution in [0.3, 0.4) is 0 Å². The fourth-order valence-electron chi connectivity index (χ4n) is 2.47. The van der Waals surface area contributed by atoms with Crippen LogP contribution in [-0.2, 0) is 6.42 Å². The summed E-state index contributed by atoms with van der Waals surface area (Å²) in [5.41, 5.74) is 7.93. The third-order valence-corrected chi connectivity index (χ3v) is 3.39. The number of nitrogens with zero attached hydrogens (tertiary/aromatic N) is 2. The molecule has 0 aliphatic rings. The van der Waals surface area contributed by atoms with E-state index in [1.807, 2.05) is 6.92 Å². The highest BCUT2D eigenvalue weighted by molar-refractivity contribution is 5.81. The van der Waals surface area contributed by atoms with Crippen molar-refractivity contribution in [3.63, 3.8) is 0 Å². The standard InChI is InChI=1S/C16H15F2N3/c1-2-4-15-20-12-9-10(19)7-8-13(12)21(15)14-6-3-5-11(17)16(14)18/h3,5-9H,2,4,19H2,1H3. The molecule has 0 unspecified atom stereocenters. The first-order chi connectivity index (χ1) is 10.1. The molecule has 5 heteroatoms. The van der Waals surface area contributed by atoms with Crippen molar-refractivity contribution < 1.29 is 8.78 Å². The number of benzene rings is 2. The Balaban J connectivity index is 2.33. The highest BCUT2D eigenvalue weighted by atomic mass is 19.2. The summed E-state index contributed by atoms with van der Waals surface area (Å²) in [6.45, 7) is 2.01. The molecule has 0 aliphatic heterocycles. The highest BCUT2D eigenvalue weighted by Crippen LogP contribution is 2.26. The van der Waals surface area contributed by atoms with E-state index >= 15 is 0 Å². The minimum Gasteiger partial charge on any atom is -0.399 e. The van der Waals surface area contributed by atoms with E-state index in [2.05, 4.69) is 4.98 Å². The van der Waals surface area contributed by atoms with Gasteiger partial charge in [-0.1, -0.05) is 13.0 Å². The van der Waals surface area contributed by atoms with E-state index in [1.165, 1.54) is 6.07 Å². The van der Waals surface area contributed by atoms with Crippen molar-refractivity contribution in [3.8, 4) is 5.69 Å². The second-order valence-electron chi connectivity index (χ2n) is 4.93. The highest BCUT2D eigenvalue weighted by Gasteiger charge is 2.17. The van der Waals surface area contributed by atoms with Gasteiger partial charge in [-0.25, -0.2) is 13.8 Å². The first kappa shape index (κ1) is 13.5. The smallest absolute Gasteiger partial charge is 0.182 e. The number of aromatic nitrogens is 2. The molecule has 21 heavy (non-hydrogen) atoms. The van der Waals surface area contributed by atoms with E-state index in [1.54, 1.807) is 28.8 Å². The number of aryl methyl sites for hydroxylation is 1. The molecule has 0 atom stereocenters. The lowest BCUT2D eigenvalue weighted by atomic mass is 10.2. The number of nitrogen functional groups attached to an aromatic ring is 1. The monoisotopic (exact) mass is 287 g/mol. The number of hydrogen-bond acceptors (Lipinski definition) is 2. The summed E-state index contributed by atoms with van der Waals surface area (Å²) in [6, 6.07) is 9.40. The number of fused-ring (bicyclic) bond motifs is 1. The zero-order valence-corrected chi connectivity index (χ0v) is 11.6. The van der Waals surface area contributed by atoms with Crippen molar-refractivity contribution >= 4 is 16.7 Å². The van der Waals surface area contributed by atoms with Gasteiger partial charge in [-0.05, 0) is 36.8 Å². The number of halogens is 2. The Morgan fingerprint density at radius 1 is 1.19 bits per heavy atom. The van der Waals surface area contributed by atoms with E-state index in [0.717, 1.165) is 18.0 Å². The van der Waals surface area contributed by atoms with Crippen LogP contribution < -0.4 is 5.73 Å². The molecule has 0 bridgehead atoms. The van der Waals surface area contributed by atoms with Crippen LogP contribution in [0.5, 0.6) is 0 Å². The topological polar surface area (TPSA) is 43.8 Å². The Hall–Kier alpha value is -2.43. The summed E-state index contributed by atoms with van der Waals surface area (Å²) in [5.74, 6) is -1.04. The fraction of sp³-hybridized carbons (Fsp3) is 0.188. The Labute approximate surface area is 121 Å². The van der Waals surface area contributed by atoms with Crippen molar-refractivity contribution in [3.05, 3.63) is 53.9 Å². The molecular weight excluding hydrogens is 272 g/mol. The van der Waals surface area contributed by atoms with E-state index < -0.39 is 11.6 Å². The second kappa shape index (κ2) is 5.16. The van der Waals surface area contributed by atoms with Gasteiger partial charge in [-0.3, -0.25) is 4.57 Å². The Morgan fingerprint density at radius 3 is 2.76 bits per heavy atom. The molecule has 1 aromatic heterocycles. The Kier molecular flexibility index (Phi) is 3.33. The van der Waals surface area contributed by atoms with Gasteiger partial charge in [0.25, 0.3) is 0 Å². The molecule has 2 aromatic carbocycles. The molecule has 0 saturated carbocycles. The fourth-order valence-corrected chi connectivity index (χ4v) is 2.47. The zero-order valence-electron chi connectivity index (χ0n) is 11.6. The normalized spacial score (nSPS) is 11.2. The molecule has 0 aliphatic carbocycles. The predicted molar refractivity (Wildman–Crippen MR) is 79.4 cm³/mol. The summed E-state index contributed by atoms with van der Waals surface area (Å²) < 4.78 is 29.3. The minimum absolute atomic E-state index is 0.172. The number of rotatable bonds is 3. The molecule has 3 aromatic rings. The first-order valence-electron chi connectivity index (χ1n) is 6.83. The Morgan fingerprint density at radius 2 is 2.00 bits per heavy atom. The molecule has 0 spiro atoms. The summed E-state index contributed by atoms with van der Waals surface area (Å²) in [6.07, 6.45) is 1.53. The number of anilines is 1. The number of nitrogens with two attached hydrogens (primary N) is 1. The third-order valence-electron chi connectivity index (χ3n) is 3.39. The van der Waals surface area contributed by atoms with E-state index in [9.17, 15) is 8.78 Å². The van der Waals surface area contributed by atoms with Gasteiger partial charge in [0, 0.05) is 12.1 Å². The molecule has 0 saturated heterocycles. The average Bonchev–Trinajstić information content (AvgIpc) is 2.79. The molecule has 1 heterocycles. The van der Waals surface area contributed by atoms with Crippen LogP contribution in [0.4, 0.5) is 14.5 Å². The third kappa shape index (κ3) is 2.24. The van der Waals surface area contributed by atoms with Gasteiger partial charge in [0.05, 0.1) is 16.7 Å². The van der Waals surface area contributed by atoms with Crippen LogP contribution in [0, 0.1) is 11.6 Å². The average molecular weight is 287 g/mol. The molecule has 2 N–H and O–H groups in total. The SMILES string of the molecule is CCCc1nc2cc(N)ccc2n1-c1cccc(F)c1F. The van der Waals surface area contributed by atoms with Crippen LogP contribution in [0.25, 0.3) is 16.7 Å². The lowest BCUT2D eigenvalue weighted by Gasteiger charge is -2.10. The van der Waals surface area contributed by atoms with Gasteiger partial charge in [-0.15, -0.1) is 0 Å². The van der Waals surface area contributed by atoms with Crippen LogP contribution in [-0.4, -0.2) is 9.55 Å². The van der Waals surface area contributed by atoms with Gasteiger partial charge in [0.1, 0.15) is 5.82 Å². The largest absolute Gasteiger partial charge is 0.399 e. The van der Waals surface area contributed by atoms with Gasteiger partial charge in [-0.2, -0.15) is 0 Å². The zero-order chi connectivity index (χ0) is 15.0. The van der Waals surface area contributed by atoms with Gasteiger partial charge in [0.15, 0.2) is 11.6 Å². The minimum atomic E-state index is -0.869. The van der Waals surface area contributed by atoms with Gasteiger partial charge >= 0.3 is 0 Å². The lowest BCUT2D eigenvalue weighted by molar-refractivity contribution is 0.504. The predicted octanol–water partition coefficient (Wildman–Crippen LogP) is 3.84. The first-order valence-corrected chi connectivity index (χ1v) is 6.83. The van der Waals surface area contributed by atoms with Crippen molar-refractivity contribution in [2.24, 2.45) is 0 Å². The maximum absolute atomic E-state index is 14.1. The molecule has 0 radical (unpaired) electrons. The maximum atomic E-state index is 14.1. The molecule has 0 amide bonds. The van der Waals surface area contributed by atoms with E-state index in [0.29, 0.717) is 23.4 Å². The number of hydrogen-bond donors (Lipinski definition) is 1. The quantitative estimate of drug-likeness (QED) is 0.744. The van der Waals surface area contributed by atoms with Crippen LogP contribution in [0.15, 0.2) is 36.4 Å². The molecular formula is C16H15F2N3. The van der Waals surface area contributed by atoms with E-state index in [-0.39, 0.29) is 5.69 Å². The summed E-state index contributed by atoms with van der Waals surface area (Å²) in [4.78, 5) is 4.50. The maximum Gasteiger partial charge on any atom is 0.182 e. The summed E-state index contributed by atoms with van der Waals surface area (Å²) in [7, 11) is 0. The molecule has 3 rings (SSSR count). The molecule has 108 valence electrons. The van der Waals surface area contributed by atoms with Crippen LogP contribution in [0.2, 0.25) is 0 Å². The van der Waals surface area contributed by atoms with Crippen molar-refractivity contribution in [1.29, 1.82) is 0 Å². The van der Waals surface area contributed by atoms with Gasteiger partial charge < -0.3 is 5.73 Å². The number of imidazole rings is 1. The Bertz CT molecular complexity index is 809. The van der Waals surface area contributed by atoms with Crippen molar-refractivity contribution in [1.82, 2.24) is 9.55 Å². The van der Waals surface area contributed by atoms with Crippen LogP contribution >= 0.6 is 0 Å². The molecule has 3 nitrogen and oxygen atoms in total. The van der Waals surface area contributed by atoms with Crippen molar-refractivity contribution in [2.75, 3.05) is 5.73 Å². The van der Waals surface area contributed by atoms with Crippen LogP contribution in [0.1, 0.15) is 19.2 Å². The van der Waals surface area contributed by atoms with Crippen molar-refractivity contribution in [2.45, 2.75) is 19.8 Å². The second-order valence-corrected chi connectivity index (χ2v) is 4.93. The van der Waals surface area contributed by atoms with E-state index in [4.69, 9.17) is 5.73 Å².